The molecule has 0 aromatic carbocycles. The van der Waals surface area contributed by atoms with E-state index in [-0.39, 0.29) is 0 Å². The van der Waals surface area contributed by atoms with Crippen LogP contribution in [0.2, 0.25) is 0 Å². The zero-order chi connectivity index (χ0) is 14.7. The van der Waals surface area contributed by atoms with E-state index in [0.717, 1.165) is 52.0 Å². The van der Waals surface area contributed by atoms with Crippen molar-refractivity contribution in [3.63, 3.8) is 0 Å². The van der Waals surface area contributed by atoms with Crippen LogP contribution in [0.4, 0.5) is 0 Å². The number of rotatable bonds is 6. The van der Waals surface area contributed by atoms with Gasteiger partial charge in [-0.25, -0.2) is 0 Å². The predicted molar refractivity (Wildman–Crippen MR) is 82.3 cm³/mol. The molecule has 3 fully saturated rings. The zero-order valence-electron chi connectivity index (χ0n) is 13.3. The Balaban J connectivity index is 1.56. The van der Waals surface area contributed by atoms with Crippen molar-refractivity contribution in [2.75, 3.05) is 53.0 Å². The number of ether oxygens (including phenoxy) is 1. The summed E-state index contributed by atoms with van der Waals surface area (Å²) in [4.78, 5) is 19.6. The lowest BCUT2D eigenvalue weighted by Gasteiger charge is -2.40. The van der Waals surface area contributed by atoms with Crippen molar-refractivity contribution in [1.29, 1.82) is 0 Å². The Morgan fingerprint density at radius 3 is 2.62 bits per heavy atom. The molecule has 0 radical (unpaired) electrons. The van der Waals surface area contributed by atoms with Gasteiger partial charge in [0, 0.05) is 51.8 Å². The van der Waals surface area contributed by atoms with Crippen LogP contribution in [-0.2, 0) is 9.53 Å². The highest BCUT2D eigenvalue weighted by atomic mass is 16.5. The fourth-order valence-electron chi connectivity index (χ4n) is 4.27. The molecule has 0 aliphatic carbocycles. The van der Waals surface area contributed by atoms with E-state index < -0.39 is 0 Å². The fraction of sp³-hybridized carbons (Fsp3) is 0.938. The average molecular weight is 295 g/mol. The van der Waals surface area contributed by atoms with E-state index in [1.54, 1.807) is 7.11 Å². The summed E-state index contributed by atoms with van der Waals surface area (Å²) in [6.45, 7) is 7.35. The summed E-state index contributed by atoms with van der Waals surface area (Å²) in [7, 11) is 1.76. The molecule has 5 heteroatoms. The van der Waals surface area contributed by atoms with Crippen molar-refractivity contribution < 1.29 is 9.53 Å². The van der Waals surface area contributed by atoms with Gasteiger partial charge < -0.3 is 14.5 Å². The van der Waals surface area contributed by atoms with Gasteiger partial charge >= 0.3 is 0 Å². The quantitative estimate of drug-likeness (QED) is 0.726. The lowest BCUT2D eigenvalue weighted by Crippen LogP contribution is -2.54. The third-order valence-corrected chi connectivity index (χ3v) is 5.44. The van der Waals surface area contributed by atoms with Gasteiger partial charge in [-0.1, -0.05) is 0 Å². The SMILES string of the molecule is COCCN1CC[C@@H]2[C@H]1CCC(=O)N2CCN1CCCC1. The number of hydrogen-bond donors (Lipinski definition) is 0. The fourth-order valence-corrected chi connectivity index (χ4v) is 4.27. The number of methoxy groups -OCH3 is 1. The van der Waals surface area contributed by atoms with Crippen LogP contribution in [0.5, 0.6) is 0 Å². The van der Waals surface area contributed by atoms with Crippen molar-refractivity contribution in [1.82, 2.24) is 14.7 Å². The highest BCUT2D eigenvalue weighted by Crippen LogP contribution is 2.31. The van der Waals surface area contributed by atoms with Crippen LogP contribution in [0.25, 0.3) is 0 Å². The summed E-state index contributed by atoms with van der Waals surface area (Å²) >= 11 is 0. The minimum Gasteiger partial charge on any atom is -0.383 e. The first-order valence-corrected chi connectivity index (χ1v) is 8.54. The highest BCUT2D eigenvalue weighted by molar-refractivity contribution is 5.77. The summed E-state index contributed by atoms with van der Waals surface area (Å²) in [5, 5.41) is 0. The van der Waals surface area contributed by atoms with Gasteiger partial charge in [-0.3, -0.25) is 9.69 Å². The number of piperidine rings is 1. The van der Waals surface area contributed by atoms with E-state index in [4.69, 9.17) is 4.74 Å². The minimum absolute atomic E-state index is 0.379. The van der Waals surface area contributed by atoms with Crippen LogP contribution in [0.1, 0.15) is 32.1 Å². The van der Waals surface area contributed by atoms with Gasteiger partial charge in [0.05, 0.1) is 6.61 Å². The number of carbonyl (C=O) groups is 1. The van der Waals surface area contributed by atoms with E-state index in [1.807, 2.05) is 0 Å². The second-order valence-corrected chi connectivity index (χ2v) is 6.63. The molecule has 0 bridgehead atoms. The first-order valence-electron chi connectivity index (χ1n) is 8.54. The number of amides is 1. The van der Waals surface area contributed by atoms with Gasteiger partial charge in [-0.05, 0) is 38.8 Å². The molecule has 5 nitrogen and oxygen atoms in total. The lowest BCUT2D eigenvalue weighted by molar-refractivity contribution is -0.137. The van der Waals surface area contributed by atoms with Gasteiger partial charge in [0.2, 0.25) is 5.91 Å². The summed E-state index contributed by atoms with van der Waals surface area (Å²) in [5.74, 6) is 0.379. The molecule has 0 spiro atoms. The maximum atomic E-state index is 12.3. The van der Waals surface area contributed by atoms with E-state index >= 15 is 0 Å². The molecule has 3 saturated heterocycles. The van der Waals surface area contributed by atoms with E-state index in [9.17, 15) is 4.79 Å². The van der Waals surface area contributed by atoms with Crippen LogP contribution < -0.4 is 0 Å². The second-order valence-electron chi connectivity index (χ2n) is 6.63. The van der Waals surface area contributed by atoms with E-state index in [2.05, 4.69) is 14.7 Å². The van der Waals surface area contributed by atoms with Gasteiger partial charge in [0.1, 0.15) is 0 Å². The Morgan fingerprint density at radius 1 is 1.05 bits per heavy atom. The van der Waals surface area contributed by atoms with Crippen LogP contribution in [0.15, 0.2) is 0 Å². The first-order chi connectivity index (χ1) is 10.3. The Morgan fingerprint density at radius 2 is 1.86 bits per heavy atom. The predicted octanol–water partition coefficient (Wildman–Crippen LogP) is 0.794. The molecule has 0 aromatic rings. The average Bonchev–Trinajstić information content (AvgIpc) is 3.13. The number of fused-ring (bicyclic) bond motifs is 1. The van der Waals surface area contributed by atoms with Gasteiger partial charge in [0.15, 0.2) is 0 Å². The normalized spacial score (nSPS) is 31.1. The summed E-state index contributed by atoms with van der Waals surface area (Å²) in [6.07, 6.45) is 5.55. The van der Waals surface area contributed by atoms with Crippen molar-refractivity contribution in [3.8, 4) is 0 Å². The third kappa shape index (κ3) is 3.41. The molecule has 0 N–H and O–H groups in total. The minimum atomic E-state index is 0.379. The Bertz CT molecular complexity index is 357. The Labute approximate surface area is 128 Å². The molecule has 21 heavy (non-hydrogen) atoms. The lowest BCUT2D eigenvalue weighted by atomic mass is 9.96. The third-order valence-electron chi connectivity index (χ3n) is 5.44. The van der Waals surface area contributed by atoms with Crippen LogP contribution >= 0.6 is 0 Å². The second kappa shape index (κ2) is 7.07. The van der Waals surface area contributed by atoms with Crippen LogP contribution in [-0.4, -0.2) is 85.7 Å². The molecular weight excluding hydrogens is 266 g/mol. The number of nitrogens with zero attached hydrogens (tertiary/aromatic N) is 3. The van der Waals surface area contributed by atoms with Crippen LogP contribution in [0, 0.1) is 0 Å². The molecule has 1 amide bonds. The summed E-state index contributed by atoms with van der Waals surface area (Å²) in [6, 6.07) is 1.02. The van der Waals surface area contributed by atoms with Crippen molar-refractivity contribution in [3.05, 3.63) is 0 Å². The zero-order valence-corrected chi connectivity index (χ0v) is 13.3. The van der Waals surface area contributed by atoms with Gasteiger partial charge in [-0.2, -0.15) is 0 Å². The smallest absolute Gasteiger partial charge is 0.222 e. The molecule has 3 aliphatic rings. The molecule has 3 heterocycles. The molecule has 0 saturated carbocycles. The van der Waals surface area contributed by atoms with E-state index in [0.29, 0.717) is 18.0 Å². The Hall–Kier alpha value is -0.650. The first kappa shape index (κ1) is 15.3. The molecule has 0 unspecified atom stereocenters. The standard InChI is InChI=1S/C16H29N3O2/c1-21-13-12-18-9-6-15-14(18)4-5-16(20)19(15)11-10-17-7-2-3-8-17/h14-15H,2-13H2,1H3/t14-,15-/m1/s1. The largest absolute Gasteiger partial charge is 0.383 e. The van der Waals surface area contributed by atoms with Crippen molar-refractivity contribution in [2.45, 2.75) is 44.2 Å². The monoisotopic (exact) mass is 295 g/mol. The van der Waals surface area contributed by atoms with Crippen molar-refractivity contribution in [2.24, 2.45) is 0 Å². The van der Waals surface area contributed by atoms with Gasteiger partial charge in [0.25, 0.3) is 0 Å². The molecule has 3 aliphatic heterocycles. The molecule has 2 atom stereocenters. The van der Waals surface area contributed by atoms with Gasteiger partial charge in [-0.15, -0.1) is 0 Å². The molecule has 3 rings (SSSR count). The number of carbonyl (C=O) groups excluding carboxylic acids is 1. The maximum absolute atomic E-state index is 12.3. The topological polar surface area (TPSA) is 36.0 Å². The highest BCUT2D eigenvalue weighted by Gasteiger charge is 2.42. The number of hydrogen-bond acceptors (Lipinski definition) is 4. The Kier molecular flexibility index (Phi) is 5.14. The van der Waals surface area contributed by atoms with E-state index in [1.165, 1.54) is 25.9 Å². The maximum Gasteiger partial charge on any atom is 0.222 e. The number of likely N-dealkylation sites (tertiary alicyclic amines) is 3. The molecule has 120 valence electrons. The summed E-state index contributed by atoms with van der Waals surface area (Å²) in [5.41, 5.74) is 0. The van der Waals surface area contributed by atoms with Crippen LogP contribution in [0.3, 0.4) is 0 Å². The molecule has 0 aromatic heterocycles. The van der Waals surface area contributed by atoms with Crippen molar-refractivity contribution >= 4 is 5.91 Å². The molecular formula is C16H29N3O2. The summed E-state index contributed by atoms with van der Waals surface area (Å²) < 4.78 is 5.22.